The number of amides is 1. The second-order valence-corrected chi connectivity index (χ2v) is 11.0. The minimum atomic E-state index is -3.13. The van der Waals surface area contributed by atoms with Gasteiger partial charge < -0.3 is 9.32 Å². The van der Waals surface area contributed by atoms with Crippen molar-refractivity contribution < 1.29 is 17.6 Å². The van der Waals surface area contributed by atoms with Crippen LogP contribution in [0, 0.1) is 0 Å². The van der Waals surface area contributed by atoms with Crippen molar-refractivity contribution in [3.05, 3.63) is 53.7 Å². The van der Waals surface area contributed by atoms with Gasteiger partial charge in [0.2, 0.25) is 11.8 Å². The second kappa shape index (κ2) is 9.93. The van der Waals surface area contributed by atoms with Crippen LogP contribution in [-0.4, -0.2) is 60.1 Å². The molecule has 0 spiro atoms. The number of benzene rings is 1. The van der Waals surface area contributed by atoms with E-state index in [2.05, 4.69) is 10.2 Å². The number of hydrogen-bond donors (Lipinski definition) is 0. The summed E-state index contributed by atoms with van der Waals surface area (Å²) in [6, 6.07) is 12.8. The lowest BCUT2D eigenvalue weighted by molar-refractivity contribution is -0.120. The molecule has 1 atom stereocenters. The van der Waals surface area contributed by atoms with Crippen LogP contribution in [0.3, 0.4) is 0 Å². The summed E-state index contributed by atoms with van der Waals surface area (Å²) in [6.07, 6.45) is 1.30. The number of hydrogen-bond acceptors (Lipinski definition) is 8. The Morgan fingerprint density at radius 3 is 2.66 bits per heavy atom. The molecule has 170 valence electrons. The minimum absolute atomic E-state index is 0.00472. The van der Waals surface area contributed by atoms with Crippen LogP contribution in [0.5, 0.6) is 0 Å². The number of carbonyl (C=O) groups is 1. The van der Waals surface area contributed by atoms with Crippen molar-refractivity contribution >= 4 is 32.8 Å². The molecule has 1 aliphatic heterocycles. The van der Waals surface area contributed by atoms with Gasteiger partial charge in [-0.15, -0.1) is 21.5 Å². The van der Waals surface area contributed by atoms with E-state index < -0.39 is 9.84 Å². The molecule has 1 aliphatic rings. The molecule has 3 aromatic rings. The highest BCUT2D eigenvalue weighted by molar-refractivity contribution is 7.91. The Hall–Kier alpha value is -2.56. The summed E-state index contributed by atoms with van der Waals surface area (Å²) in [5.41, 5.74) is 0.717. The molecular formula is C22H26N4O4S2. The van der Waals surface area contributed by atoms with Gasteiger partial charge >= 0.3 is 0 Å². The number of nitrogens with zero attached hydrogens (tertiary/aromatic N) is 4. The molecule has 1 saturated heterocycles. The van der Waals surface area contributed by atoms with Crippen LogP contribution in [0.25, 0.3) is 10.8 Å². The zero-order valence-corrected chi connectivity index (χ0v) is 19.5. The van der Waals surface area contributed by atoms with Crippen molar-refractivity contribution in [2.45, 2.75) is 32.4 Å². The number of rotatable bonds is 9. The maximum atomic E-state index is 13.4. The molecule has 0 saturated carbocycles. The van der Waals surface area contributed by atoms with Gasteiger partial charge in [0.25, 0.3) is 5.89 Å². The fraction of sp³-hybridized carbons (Fsp3) is 0.409. The van der Waals surface area contributed by atoms with Gasteiger partial charge in [0.1, 0.15) is 0 Å². The zero-order chi connectivity index (χ0) is 22.6. The topological polar surface area (TPSA) is 96.6 Å². The number of thiophene rings is 1. The monoisotopic (exact) mass is 474 g/mol. The molecule has 10 heteroatoms. The van der Waals surface area contributed by atoms with Gasteiger partial charge in [-0.1, -0.05) is 31.2 Å². The maximum absolute atomic E-state index is 13.4. The Morgan fingerprint density at radius 2 is 2.00 bits per heavy atom. The molecule has 1 aromatic carbocycles. The third kappa shape index (κ3) is 5.43. The third-order valence-electron chi connectivity index (χ3n) is 5.33. The van der Waals surface area contributed by atoms with E-state index >= 15 is 0 Å². The van der Waals surface area contributed by atoms with Gasteiger partial charge in [0.05, 0.1) is 35.5 Å². The standard InChI is InChI=1S/C22H26N4O4S2/c1-2-11-25(14-20-23-24-22(30-20)19-9-6-12-31-19)15-21(27)26(17-7-4-3-5-8-17)18-10-13-32(28,29)16-18/h3-9,12,18H,2,10-11,13-16H2,1H3. The highest BCUT2D eigenvalue weighted by Crippen LogP contribution is 2.26. The van der Waals surface area contributed by atoms with Gasteiger partial charge in [-0.05, 0) is 43.0 Å². The van der Waals surface area contributed by atoms with E-state index in [1.165, 1.54) is 11.3 Å². The summed E-state index contributed by atoms with van der Waals surface area (Å²) in [7, 11) is -3.13. The first kappa shape index (κ1) is 22.6. The van der Waals surface area contributed by atoms with E-state index in [9.17, 15) is 13.2 Å². The molecular weight excluding hydrogens is 448 g/mol. The van der Waals surface area contributed by atoms with Crippen LogP contribution in [0.2, 0.25) is 0 Å². The van der Waals surface area contributed by atoms with Crippen molar-refractivity contribution in [3.63, 3.8) is 0 Å². The van der Waals surface area contributed by atoms with Crippen molar-refractivity contribution in [1.82, 2.24) is 15.1 Å². The zero-order valence-electron chi connectivity index (χ0n) is 17.9. The molecule has 0 radical (unpaired) electrons. The summed E-state index contributed by atoms with van der Waals surface area (Å²) in [5, 5.41) is 10.2. The number of sulfone groups is 1. The highest BCUT2D eigenvalue weighted by Gasteiger charge is 2.36. The van der Waals surface area contributed by atoms with Crippen molar-refractivity contribution in [2.24, 2.45) is 0 Å². The van der Waals surface area contributed by atoms with E-state index in [-0.39, 0.29) is 30.0 Å². The summed E-state index contributed by atoms with van der Waals surface area (Å²) in [4.78, 5) is 18.0. The fourth-order valence-corrected chi connectivity index (χ4v) is 6.28. The molecule has 1 amide bonds. The van der Waals surface area contributed by atoms with Gasteiger partial charge in [-0.2, -0.15) is 0 Å². The highest BCUT2D eigenvalue weighted by atomic mass is 32.2. The molecule has 4 rings (SSSR count). The van der Waals surface area contributed by atoms with Gasteiger partial charge in [0, 0.05) is 5.69 Å². The van der Waals surface area contributed by atoms with Crippen molar-refractivity contribution in [2.75, 3.05) is 29.5 Å². The van der Waals surface area contributed by atoms with Gasteiger partial charge in [0.15, 0.2) is 9.84 Å². The number of para-hydroxylation sites is 1. The average Bonchev–Trinajstić information content (AvgIpc) is 3.50. The van der Waals surface area contributed by atoms with Crippen LogP contribution in [0.1, 0.15) is 25.7 Å². The Balaban J connectivity index is 1.51. The van der Waals surface area contributed by atoms with Crippen LogP contribution < -0.4 is 4.90 Å². The molecule has 1 fully saturated rings. The lowest BCUT2D eigenvalue weighted by atomic mass is 10.1. The van der Waals surface area contributed by atoms with Crippen LogP contribution in [0.4, 0.5) is 5.69 Å². The van der Waals surface area contributed by atoms with E-state index in [0.717, 1.165) is 11.3 Å². The average molecular weight is 475 g/mol. The molecule has 0 aliphatic carbocycles. The molecule has 8 nitrogen and oxygen atoms in total. The molecule has 32 heavy (non-hydrogen) atoms. The summed E-state index contributed by atoms with van der Waals surface area (Å²) in [5.74, 6) is 0.893. The Morgan fingerprint density at radius 1 is 1.19 bits per heavy atom. The van der Waals surface area contributed by atoms with E-state index in [1.807, 2.05) is 59.7 Å². The molecule has 0 bridgehead atoms. The van der Waals surface area contributed by atoms with Gasteiger partial charge in [-0.25, -0.2) is 8.42 Å². The van der Waals surface area contributed by atoms with Gasteiger partial charge in [-0.3, -0.25) is 9.69 Å². The lowest BCUT2D eigenvalue weighted by Crippen LogP contribution is -2.46. The third-order valence-corrected chi connectivity index (χ3v) is 7.94. The van der Waals surface area contributed by atoms with E-state index in [4.69, 9.17) is 4.42 Å². The second-order valence-electron chi connectivity index (χ2n) is 7.85. The fourth-order valence-electron chi connectivity index (χ4n) is 3.93. The summed E-state index contributed by atoms with van der Waals surface area (Å²) in [6.45, 7) is 3.20. The Kier molecular flexibility index (Phi) is 7.02. The first-order valence-electron chi connectivity index (χ1n) is 10.6. The van der Waals surface area contributed by atoms with Crippen molar-refractivity contribution in [3.8, 4) is 10.8 Å². The molecule has 1 unspecified atom stereocenters. The van der Waals surface area contributed by atoms with E-state index in [1.54, 1.807) is 4.90 Å². The molecule has 2 aromatic heterocycles. The smallest absolute Gasteiger partial charge is 0.257 e. The first-order valence-corrected chi connectivity index (χ1v) is 13.3. The molecule has 3 heterocycles. The number of carbonyl (C=O) groups excluding carboxylic acids is 1. The Bertz CT molecular complexity index is 1130. The number of aromatic nitrogens is 2. The quantitative estimate of drug-likeness (QED) is 0.470. The predicted octanol–water partition coefficient (Wildman–Crippen LogP) is 3.23. The van der Waals surface area contributed by atoms with Crippen molar-refractivity contribution in [1.29, 1.82) is 0 Å². The SMILES string of the molecule is CCCN(CC(=O)N(c1ccccc1)C1CCS(=O)(=O)C1)Cc1nnc(-c2cccs2)o1. The van der Waals surface area contributed by atoms with E-state index in [0.29, 0.717) is 37.0 Å². The lowest BCUT2D eigenvalue weighted by Gasteiger charge is -2.31. The predicted molar refractivity (Wildman–Crippen MR) is 124 cm³/mol. The summed E-state index contributed by atoms with van der Waals surface area (Å²) >= 11 is 1.52. The first-order chi connectivity index (χ1) is 15.4. The minimum Gasteiger partial charge on any atom is -0.419 e. The maximum Gasteiger partial charge on any atom is 0.257 e. The van der Waals surface area contributed by atoms with Crippen LogP contribution in [0.15, 0.2) is 52.3 Å². The van der Waals surface area contributed by atoms with Crippen LogP contribution in [-0.2, 0) is 21.2 Å². The summed E-state index contributed by atoms with van der Waals surface area (Å²) < 4.78 is 30.0. The van der Waals surface area contributed by atoms with Crippen LogP contribution >= 0.6 is 11.3 Å². The molecule has 0 N–H and O–H groups in total. The number of anilines is 1. The largest absolute Gasteiger partial charge is 0.419 e. The Labute approximate surface area is 191 Å². The normalized spacial score (nSPS) is 17.6.